The Morgan fingerprint density at radius 2 is 2.10 bits per heavy atom. The Hall–Kier alpha value is -1.86. The van der Waals surface area contributed by atoms with Crippen molar-refractivity contribution in [3.63, 3.8) is 0 Å². The van der Waals surface area contributed by atoms with E-state index in [0.29, 0.717) is 13.0 Å². The average Bonchev–Trinajstić information content (AvgIpc) is 2.38. The zero-order valence-electron chi connectivity index (χ0n) is 11.0. The van der Waals surface area contributed by atoms with Gasteiger partial charge in [-0.05, 0) is 31.5 Å². The van der Waals surface area contributed by atoms with Crippen molar-refractivity contribution in [1.82, 2.24) is 4.31 Å². The normalized spacial score (nSPS) is 16.8. The summed E-state index contributed by atoms with van der Waals surface area (Å²) in [6, 6.07) is 3.80. The van der Waals surface area contributed by atoms with E-state index in [9.17, 15) is 13.2 Å². The molecule has 0 aromatic heterocycles. The molecule has 0 radical (unpaired) electrons. The molecular weight excluding hydrogens is 280 g/mol. The van der Waals surface area contributed by atoms with E-state index < -0.39 is 16.0 Å². The zero-order chi connectivity index (χ0) is 14.9. The SMILES string of the molecule is CC1=CCCN(S(=O)(=O)c2cc(N)ccc2C(=O)O)C1. The number of carboxylic acids is 1. The van der Waals surface area contributed by atoms with Gasteiger partial charge in [0.15, 0.2) is 0 Å². The number of sulfonamides is 1. The van der Waals surface area contributed by atoms with Gasteiger partial charge < -0.3 is 10.8 Å². The summed E-state index contributed by atoms with van der Waals surface area (Å²) in [6.07, 6.45) is 2.60. The van der Waals surface area contributed by atoms with Gasteiger partial charge >= 0.3 is 5.97 Å². The van der Waals surface area contributed by atoms with Crippen molar-refractivity contribution in [3.8, 4) is 0 Å². The summed E-state index contributed by atoms with van der Waals surface area (Å²) in [4.78, 5) is 10.9. The molecule has 1 aromatic rings. The van der Waals surface area contributed by atoms with E-state index in [1.807, 2.05) is 13.0 Å². The van der Waals surface area contributed by atoms with Crippen molar-refractivity contribution in [2.24, 2.45) is 0 Å². The Labute approximate surface area is 117 Å². The first-order valence-electron chi connectivity index (χ1n) is 6.11. The number of hydrogen-bond donors (Lipinski definition) is 2. The first-order valence-corrected chi connectivity index (χ1v) is 7.55. The predicted octanol–water partition coefficient (Wildman–Crippen LogP) is 1.31. The van der Waals surface area contributed by atoms with Crippen molar-refractivity contribution < 1.29 is 18.3 Å². The summed E-state index contributed by atoms with van der Waals surface area (Å²) >= 11 is 0. The lowest BCUT2D eigenvalue weighted by molar-refractivity contribution is 0.0692. The largest absolute Gasteiger partial charge is 0.478 e. The number of nitrogens with two attached hydrogens (primary N) is 1. The highest BCUT2D eigenvalue weighted by molar-refractivity contribution is 7.89. The molecule has 108 valence electrons. The van der Waals surface area contributed by atoms with Crippen LogP contribution in [-0.4, -0.2) is 36.9 Å². The summed E-state index contributed by atoms with van der Waals surface area (Å²) in [5.41, 5.74) is 6.50. The molecular formula is C13H16N2O4S. The van der Waals surface area contributed by atoms with Crippen LogP contribution in [0.5, 0.6) is 0 Å². The molecule has 0 aliphatic carbocycles. The molecule has 0 spiro atoms. The Kier molecular flexibility index (Phi) is 3.82. The molecule has 6 nitrogen and oxygen atoms in total. The fourth-order valence-electron chi connectivity index (χ4n) is 2.15. The Bertz CT molecular complexity index is 680. The van der Waals surface area contributed by atoms with E-state index in [4.69, 9.17) is 10.8 Å². The van der Waals surface area contributed by atoms with Crippen LogP contribution in [0.2, 0.25) is 0 Å². The van der Waals surface area contributed by atoms with E-state index in [2.05, 4.69) is 0 Å². The van der Waals surface area contributed by atoms with Gasteiger partial charge in [0, 0.05) is 18.8 Å². The third-order valence-corrected chi connectivity index (χ3v) is 5.04. The molecule has 3 N–H and O–H groups in total. The summed E-state index contributed by atoms with van der Waals surface area (Å²) in [5.74, 6) is -1.28. The van der Waals surface area contributed by atoms with Crippen molar-refractivity contribution in [2.75, 3.05) is 18.8 Å². The van der Waals surface area contributed by atoms with Crippen LogP contribution in [0.4, 0.5) is 5.69 Å². The topological polar surface area (TPSA) is 101 Å². The summed E-state index contributed by atoms with van der Waals surface area (Å²) in [7, 11) is -3.86. The highest BCUT2D eigenvalue weighted by atomic mass is 32.2. The minimum absolute atomic E-state index is 0.220. The quantitative estimate of drug-likeness (QED) is 0.647. The third-order valence-electron chi connectivity index (χ3n) is 3.15. The first kappa shape index (κ1) is 14.5. The number of benzene rings is 1. The van der Waals surface area contributed by atoms with Gasteiger partial charge in [-0.2, -0.15) is 4.31 Å². The van der Waals surface area contributed by atoms with E-state index >= 15 is 0 Å². The average molecular weight is 296 g/mol. The lowest BCUT2D eigenvalue weighted by atomic mass is 10.2. The van der Waals surface area contributed by atoms with E-state index in [-0.39, 0.29) is 22.7 Å². The molecule has 1 heterocycles. The van der Waals surface area contributed by atoms with Gasteiger partial charge in [-0.3, -0.25) is 0 Å². The minimum Gasteiger partial charge on any atom is -0.478 e. The summed E-state index contributed by atoms with van der Waals surface area (Å²) < 4.78 is 26.5. The smallest absolute Gasteiger partial charge is 0.337 e. The van der Waals surface area contributed by atoms with Crippen LogP contribution in [0.25, 0.3) is 0 Å². The highest BCUT2D eigenvalue weighted by Gasteiger charge is 2.30. The lowest BCUT2D eigenvalue weighted by Crippen LogP contribution is -2.36. The van der Waals surface area contributed by atoms with Crippen LogP contribution in [0.1, 0.15) is 23.7 Å². The second-order valence-electron chi connectivity index (χ2n) is 4.74. The predicted molar refractivity (Wildman–Crippen MR) is 74.9 cm³/mol. The van der Waals surface area contributed by atoms with Gasteiger partial charge in [-0.1, -0.05) is 11.6 Å². The van der Waals surface area contributed by atoms with Gasteiger partial charge in [0.1, 0.15) is 0 Å². The molecule has 0 atom stereocenters. The van der Waals surface area contributed by atoms with Crippen molar-refractivity contribution in [2.45, 2.75) is 18.2 Å². The van der Waals surface area contributed by atoms with Gasteiger partial charge in [0.25, 0.3) is 0 Å². The maximum Gasteiger partial charge on any atom is 0.337 e. The second kappa shape index (κ2) is 5.26. The molecule has 0 saturated carbocycles. The third kappa shape index (κ3) is 2.68. The molecule has 7 heteroatoms. The molecule has 1 aliphatic heterocycles. The van der Waals surface area contributed by atoms with Crippen molar-refractivity contribution in [1.29, 1.82) is 0 Å². The second-order valence-corrected chi connectivity index (χ2v) is 6.64. The summed E-state index contributed by atoms with van der Waals surface area (Å²) in [5, 5.41) is 9.14. The van der Waals surface area contributed by atoms with Gasteiger partial charge in [-0.25, -0.2) is 13.2 Å². The van der Waals surface area contributed by atoms with E-state index in [0.717, 1.165) is 5.57 Å². The number of aromatic carboxylic acids is 1. The number of carboxylic acid groups (broad SMARTS) is 1. The zero-order valence-corrected chi connectivity index (χ0v) is 11.9. The number of hydrogen-bond acceptors (Lipinski definition) is 4. The van der Waals surface area contributed by atoms with E-state index in [1.54, 1.807) is 0 Å². The maximum absolute atomic E-state index is 12.6. The fraction of sp³-hybridized carbons (Fsp3) is 0.308. The number of nitrogens with zero attached hydrogens (tertiary/aromatic N) is 1. The lowest BCUT2D eigenvalue weighted by Gasteiger charge is -2.26. The van der Waals surface area contributed by atoms with Crippen LogP contribution < -0.4 is 5.73 Å². The minimum atomic E-state index is -3.86. The Morgan fingerprint density at radius 1 is 1.40 bits per heavy atom. The van der Waals surface area contributed by atoms with Gasteiger partial charge in [0.05, 0.1) is 10.5 Å². The van der Waals surface area contributed by atoms with Crippen LogP contribution in [-0.2, 0) is 10.0 Å². The number of carbonyl (C=O) groups is 1. The number of nitrogen functional groups attached to an aromatic ring is 1. The summed E-state index contributed by atoms with van der Waals surface area (Å²) in [6.45, 7) is 2.46. The van der Waals surface area contributed by atoms with Gasteiger partial charge in [0.2, 0.25) is 10.0 Å². The molecule has 20 heavy (non-hydrogen) atoms. The molecule has 2 rings (SSSR count). The van der Waals surface area contributed by atoms with Crippen LogP contribution in [0, 0.1) is 0 Å². The highest BCUT2D eigenvalue weighted by Crippen LogP contribution is 2.25. The van der Waals surface area contributed by atoms with Crippen molar-refractivity contribution >= 4 is 21.7 Å². The van der Waals surface area contributed by atoms with E-state index in [1.165, 1.54) is 22.5 Å². The van der Waals surface area contributed by atoms with Gasteiger partial charge in [-0.15, -0.1) is 0 Å². The standard InChI is InChI=1S/C13H16N2O4S/c1-9-3-2-6-15(8-9)20(18,19)12-7-10(14)4-5-11(12)13(16)17/h3-5,7H,2,6,8,14H2,1H3,(H,16,17). The molecule has 0 unspecified atom stereocenters. The Morgan fingerprint density at radius 3 is 2.70 bits per heavy atom. The van der Waals surface area contributed by atoms with Crippen molar-refractivity contribution in [3.05, 3.63) is 35.4 Å². The van der Waals surface area contributed by atoms with Crippen LogP contribution in [0.3, 0.4) is 0 Å². The van der Waals surface area contributed by atoms with Crippen LogP contribution >= 0.6 is 0 Å². The molecule has 0 amide bonds. The molecule has 1 aliphatic rings. The first-order chi connectivity index (χ1) is 9.32. The number of anilines is 1. The maximum atomic E-state index is 12.6. The molecule has 0 saturated heterocycles. The number of rotatable bonds is 3. The fourth-order valence-corrected chi connectivity index (χ4v) is 3.87. The monoisotopic (exact) mass is 296 g/mol. The Balaban J connectivity index is 2.52. The molecule has 1 aromatic carbocycles. The van der Waals surface area contributed by atoms with Crippen LogP contribution in [0.15, 0.2) is 34.7 Å². The molecule has 0 bridgehead atoms. The molecule has 0 fully saturated rings.